The highest BCUT2D eigenvalue weighted by atomic mass is 32.1. The van der Waals surface area contributed by atoms with Gasteiger partial charge in [-0.15, -0.1) is 34.0 Å². The summed E-state index contributed by atoms with van der Waals surface area (Å²) in [5.74, 6) is 1.83. The third-order valence-electron chi connectivity index (χ3n) is 20.9. The molecule has 0 saturated carbocycles. The predicted molar refractivity (Wildman–Crippen MR) is 461 cm³/mol. The van der Waals surface area contributed by atoms with Gasteiger partial charge < -0.3 is 0 Å². The van der Waals surface area contributed by atoms with Gasteiger partial charge in [0.05, 0.1) is 34.2 Å². The number of thiophene rings is 3. The number of rotatable bonds is 14. The number of benzene rings is 12. The Hall–Kier alpha value is -14.0. The fourth-order valence-electron chi connectivity index (χ4n) is 15.3. The fraction of sp³-hybridized carbons (Fsp3) is 0. The van der Waals surface area contributed by atoms with Crippen molar-refractivity contribution in [2.24, 2.45) is 0 Å². The van der Waals surface area contributed by atoms with Crippen LogP contribution in [0.2, 0.25) is 0 Å². The number of hydrogen-bond acceptors (Lipinski definition) is 12. The number of nitrogens with zero attached hydrogens (tertiary/aromatic N) is 9. The third kappa shape index (κ3) is 12.4. The van der Waals surface area contributed by atoms with E-state index in [9.17, 15) is 0 Å². The van der Waals surface area contributed by atoms with E-state index in [0.29, 0.717) is 17.5 Å². The molecule has 111 heavy (non-hydrogen) atoms. The summed E-state index contributed by atoms with van der Waals surface area (Å²) in [7, 11) is 0. The molecule has 0 aliphatic heterocycles. The van der Waals surface area contributed by atoms with Gasteiger partial charge in [0.25, 0.3) is 0 Å². The Kier molecular flexibility index (Phi) is 16.3. The number of pyridine rings is 3. The predicted octanol–water partition coefficient (Wildman–Crippen LogP) is 26.7. The lowest BCUT2D eigenvalue weighted by Gasteiger charge is -2.16. The van der Waals surface area contributed by atoms with Gasteiger partial charge in [0.2, 0.25) is 0 Å². The Morgan fingerprint density at radius 3 is 1.04 bits per heavy atom. The summed E-state index contributed by atoms with van der Waals surface area (Å²) in [5, 5.41) is 7.31. The quantitative estimate of drug-likeness (QED) is 0.105. The van der Waals surface area contributed by atoms with Gasteiger partial charge in [-0.05, 0) is 166 Å². The van der Waals surface area contributed by atoms with E-state index in [4.69, 9.17) is 29.9 Å². The minimum absolute atomic E-state index is 0.573. The summed E-state index contributed by atoms with van der Waals surface area (Å²) in [5.41, 5.74) is 23.5. The Morgan fingerprint density at radius 2 is 0.505 bits per heavy atom. The molecule has 0 fully saturated rings. The van der Waals surface area contributed by atoms with Crippen molar-refractivity contribution in [3.8, 4) is 157 Å². The van der Waals surface area contributed by atoms with Crippen molar-refractivity contribution >= 4 is 94.5 Å². The summed E-state index contributed by atoms with van der Waals surface area (Å²) in [6.07, 6.45) is 11.1. The molecule has 21 aromatic rings. The van der Waals surface area contributed by atoms with Crippen LogP contribution in [0.3, 0.4) is 0 Å². The molecule has 0 N–H and O–H groups in total. The van der Waals surface area contributed by atoms with Gasteiger partial charge in [-0.2, -0.15) is 0 Å². The van der Waals surface area contributed by atoms with Crippen LogP contribution in [0.15, 0.2) is 359 Å². The average molecular weight is 1470 g/mol. The first-order valence-corrected chi connectivity index (χ1v) is 39.2. The molecule has 0 spiro atoms. The molecule has 9 aromatic heterocycles. The van der Waals surface area contributed by atoms with E-state index >= 15 is 0 Å². The maximum absolute atomic E-state index is 5.69. The molecule has 0 saturated heterocycles. The molecule has 9 heterocycles. The molecule has 0 atom stereocenters. The molecule has 0 aliphatic carbocycles. The Balaban J connectivity index is 0.689. The zero-order valence-electron chi connectivity index (χ0n) is 59.3. The molecule has 0 aliphatic rings. The summed E-state index contributed by atoms with van der Waals surface area (Å²) < 4.78 is 7.46. The van der Waals surface area contributed by atoms with E-state index in [0.717, 1.165) is 140 Å². The number of aromatic nitrogens is 9. The molecule has 518 valence electrons. The van der Waals surface area contributed by atoms with Crippen LogP contribution in [0.4, 0.5) is 0 Å². The van der Waals surface area contributed by atoms with Gasteiger partial charge in [-0.3, -0.25) is 15.0 Å². The third-order valence-corrected chi connectivity index (χ3v) is 24.3. The Labute approximate surface area is 650 Å². The van der Waals surface area contributed by atoms with Gasteiger partial charge in [0, 0.05) is 159 Å². The zero-order chi connectivity index (χ0) is 73.3. The lowest BCUT2D eigenvalue weighted by molar-refractivity contribution is 1.18. The van der Waals surface area contributed by atoms with E-state index in [1.165, 1.54) is 60.5 Å². The molecular weight excluding hydrogens is 1410 g/mol. The van der Waals surface area contributed by atoms with Crippen LogP contribution < -0.4 is 0 Å². The molecule has 12 aromatic carbocycles. The van der Waals surface area contributed by atoms with Crippen molar-refractivity contribution in [3.63, 3.8) is 0 Å². The average Bonchev–Trinajstić information content (AvgIpc) is 1.73. The molecule has 0 amide bonds. The van der Waals surface area contributed by atoms with E-state index in [1.807, 2.05) is 90.2 Å². The highest BCUT2D eigenvalue weighted by Gasteiger charge is 2.22. The molecule has 9 nitrogen and oxygen atoms in total. The zero-order valence-corrected chi connectivity index (χ0v) is 61.8. The fourth-order valence-corrected chi connectivity index (χ4v) is 18.6. The second kappa shape index (κ2) is 27.6. The molecular formula is C99H59N9S3. The van der Waals surface area contributed by atoms with Gasteiger partial charge >= 0.3 is 0 Å². The largest absolute Gasteiger partial charge is 0.265 e. The first-order chi connectivity index (χ1) is 54.9. The van der Waals surface area contributed by atoms with Crippen LogP contribution >= 0.6 is 34.0 Å². The summed E-state index contributed by atoms with van der Waals surface area (Å²) in [6, 6.07) is 114. The summed E-state index contributed by atoms with van der Waals surface area (Å²) in [6.45, 7) is 0. The molecule has 0 unspecified atom stereocenters. The minimum Gasteiger partial charge on any atom is -0.265 e. The second-order valence-corrected chi connectivity index (χ2v) is 30.9. The molecule has 0 radical (unpaired) electrons. The highest BCUT2D eigenvalue weighted by Crippen LogP contribution is 2.45. The van der Waals surface area contributed by atoms with Crippen LogP contribution in [0, 0.1) is 0 Å². The molecule has 21 rings (SSSR count). The van der Waals surface area contributed by atoms with Crippen molar-refractivity contribution in [3.05, 3.63) is 359 Å². The summed E-state index contributed by atoms with van der Waals surface area (Å²) in [4.78, 5) is 46.5. The van der Waals surface area contributed by atoms with Crippen molar-refractivity contribution in [2.45, 2.75) is 0 Å². The smallest absolute Gasteiger partial charge is 0.161 e. The first-order valence-electron chi connectivity index (χ1n) is 36.7. The normalized spacial score (nSPS) is 11.6. The number of hydrogen-bond donors (Lipinski definition) is 0. The molecule has 12 heteroatoms. The highest BCUT2D eigenvalue weighted by molar-refractivity contribution is 7.26. The van der Waals surface area contributed by atoms with Crippen LogP contribution in [0.25, 0.3) is 218 Å². The van der Waals surface area contributed by atoms with Crippen molar-refractivity contribution < 1.29 is 0 Å². The molecule has 0 bridgehead atoms. The Bertz CT molecular complexity index is 7200. The number of fused-ring (bicyclic) bond motifs is 9. The topological polar surface area (TPSA) is 116 Å². The van der Waals surface area contributed by atoms with Gasteiger partial charge in [-0.1, -0.05) is 200 Å². The lowest BCUT2D eigenvalue weighted by Crippen LogP contribution is -1.99. The van der Waals surface area contributed by atoms with E-state index in [-0.39, 0.29) is 0 Å². The maximum Gasteiger partial charge on any atom is 0.161 e. The standard InChI is InChI=1S/C99H59N9S3/c1-2-14-62(15-3-1)85-55-88(68-34-39-94-81(51-68)77-22-4-7-25-91(77)109-94)106-98(103-85)72-33-38-75(80(54-72)74-21-13-45-102-59-74)66-17-11-18-67(49-66)87-57-90(70-36-41-96-83(53-70)79-24-6-9-27-93(79)111-96)108-99(107-87)84-50-65(32-37-76(84)73-20-12-44-101-58-73)60-28-30-63(31-29-60)86-56-89(69-35-40-95-82(52-69)78-23-5-8-26-92(78)110-95)105-97(104-86)71-19-10-16-64(48-71)61-42-46-100-47-43-61/h1-59H. The second-order valence-electron chi connectivity index (χ2n) is 27.7. The monoisotopic (exact) mass is 1470 g/mol. The van der Waals surface area contributed by atoms with Gasteiger partial charge in [0.15, 0.2) is 17.5 Å². The van der Waals surface area contributed by atoms with Gasteiger partial charge in [0.1, 0.15) is 0 Å². The van der Waals surface area contributed by atoms with Crippen LogP contribution in [-0.2, 0) is 0 Å². The SMILES string of the molecule is c1ccc(-c2cc(-c3ccc4sc5ccccc5c4c3)nc(-c3ccc(-c4cccc(-c5cc(-c6ccc7sc8ccccc8c7c6)nc(-c6cc(-c7ccc(-c8cc(-c9ccc%10sc%11ccccc%11c%10c9)nc(-c9cccc(-c%10ccncc%10)c9)n8)cc7)ccc6-c6cccnc6)n5)c4)c(-c4cccnc4)c3)n2)cc1. The van der Waals surface area contributed by atoms with E-state index in [2.05, 4.69) is 306 Å². The first kappa shape index (κ1) is 65.3. The maximum atomic E-state index is 5.69. The van der Waals surface area contributed by atoms with Crippen molar-refractivity contribution in [1.29, 1.82) is 0 Å². The van der Waals surface area contributed by atoms with Crippen LogP contribution in [0.1, 0.15) is 0 Å². The lowest BCUT2D eigenvalue weighted by atomic mass is 9.92. The van der Waals surface area contributed by atoms with Crippen LogP contribution in [0.5, 0.6) is 0 Å². The van der Waals surface area contributed by atoms with Crippen LogP contribution in [-0.4, -0.2) is 44.9 Å². The van der Waals surface area contributed by atoms with Crippen molar-refractivity contribution in [1.82, 2.24) is 44.9 Å². The van der Waals surface area contributed by atoms with E-state index in [1.54, 1.807) is 11.3 Å². The van der Waals surface area contributed by atoms with Gasteiger partial charge in [-0.25, -0.2) is 29.9 Å². The minimum atomic E-state index is 0.573. The van der Waals surface area contributed by atoms with E-state index < -0.39 is 0 Å². The van der Waals surface area contributed by atoms with Crippen molar-refractivity contribution in [2.75, 3.05) is 0 Å². The summed E-state index contributed by atoms with van der Waals surface area (Å²) >= 11 is 5.43. The Morgan fingerprint density at radius 1 is 0.162 bits per heavy atom.